The zero-order valence-electron chi connectivity index (χ0n) is 9.14. The lowest BCUT2D eigenvalue weighted by atomic mass is 9.77. The Bertz CT molecular complexity index is 183. The van der Waals surface area contributed by atoms with E-state index in [0.29, 0.717) is 0 Å². The van der Waals surface area contributed by atoms with Gasteiger partial charge in [-0.05, 0) is 38.5 Å². The molecule has 1 saturated carbocycles. The van der Waals surface area contributed by atoms with Crippen LogP contribution in [0.5, 0.6) is 0 Å². The van der Waals surface area contributed by atoms with Gasteiger partial charge < -0.3 is 5.11 Å². The van der Waals surface area contributed by atoms with E-state index in [9.17, 15) is 5.11 Å². The molecule has 0 spiro atoms. The largest absolute Gasteiger partial charge is 0.388 e. The molecule has 1 unspecified atom stereocenters. The fraction of sp³-hybridized carbons (Fsp3) is 0.833. The first-order valence-electron chi connectivity index (χ1n) is 5.44. The fourth-order valence-electron chi connectivity index (χ4n) is 2.43. The van der Waals surface area contributed by atoms with Crippen LogP contribution in [0.25, 0.3) is 0 Å². The third kappa shape index (κ3) is 2.34. The van der Waals surface area contributed by atoms with Crippen molar-refractivity contribution in [3.63, 3.8) is 0 Å². The van der Waals surface area contributed by atoms with E-state index >= 15 is 0 Å². The maximum absolute atomic E-state index is 10.1. The molecule has 1 aliphatic carbocycles. The summed E-state index contributed by atoms with van der Waals surface area (Å²) in [6, 6.07) is 0. The van der Waals surface area contributed by atoms with Crippen LogP contribution in [0.4, 0.5) is 0 Å². The number of hydrogen-bond donors (Lipinski definition) is 1. The van der Waals surface area contributed by atoms with Crippen LogP contribution in [-0.4, -0.2) is 11.2 Å². The molecule has 1 N–H and O–H groups in total. The molecule has 1 heteroatoms. The predicted octanol–water partition coefficient (Wildman–Crippen LogP) is 3.28. The topological polar surface area (TPSA) is 20.2 Å². The van der Waals surface area contributed by atoms with Gasteiger partial charge in [-0.25, -0.2) is 0 Å². The van der Waals surface area contributed by atoms with Crippen molar-refractivity contribution >= 4 is 0 Å². The van der Waals surface area contributed by atoms with E-state index in [1.807, 2.05) is 6.08 Å². The van der Waals surface area contributed by atoms with Crippen LogP contribution in [-0.2, 0) is 0 Å². The molecule has 0 bridgehead atoms. The Labute approximate surface area is 81.9 Å². The minimum atomic E-state index is -0.218. The second kappa shape index (κ2) is 4.28. The average Bonchev–Trinajstić information content (AvgIpc) is 2.51. The highest BCUT2D eigenvalue weighted by atomic mass is 16.3. The number of allylic oxidation sites excluding steroid dienone is 1. The van der Waals surface area contributed by atoms with Gasteiger partial charge in [-0.1, -0.05) is 31.4 Å². The molecule has 1 fully saturated rings. The van der Waals surface area contributed by atoms with E-state index in [4.69, 9.17) is 0 Å². The van der Waals surface area contributed by atoms with Gasteiger partial charge >= 0.3 is 0 Å². The summed E-state index contributed by atoms with van der Waals surface area (Å²) in [5.74, 6) is 0. The highest BCUT2D eigenvalue weighted by Crippen LogP contribution is 2.44. The second-order valence-electron chi connectivity index (χ2n) is 4.61. The van der Waals surface area contributed by atoms with E-state index < -0.39 is 0 Å². The minimum absolute atomic E-state index is 0.206. The van der Waals surface area contributed by atoms with E-state index in [1.54, 1.807) is 0 Å². The van der Waals surface area contributed by atoms with Gasteiger partial charge in [-0.15, -0.1) is 0 Å². The minimum Gasteiger partial charge on any atom is -0.388 e. The van der Waals surface area contributed by atoms with E-state index in [0.717, 1.165) is 6.42 Å². The number of rotatable bonds is 3. The van der Waals surface area contributed by atoms with Crippen LogP contribution >= 0.6 is 0 Å². The predicted molar refractivity (Wildman–Crippen MR) is 56.6 cm³/mol. The Morgan fingerprint density at radius 3 is 2.31 bits per heavy atom. The lowest BCUT2D eigenvalue weighted by Gasteiger charge is -2.31. The van der Waals surface area contributed by atoms with Crippen molar-refractivity contribution in [1.82, 2.24) is 0 Å². The second-order valence-corrected chi connectivity index (χ2v) is 4.61. The Hall–Kier alpha value is -0.300. The van der Waals surface area contributed by atoms with E-state index in [1.165, 1.54) is 31.3 Å². The smallest absolute Gasteiger partial charge is 0.0779 e. The summed E-state index contributed by atoms with van der Waals surface area (Å²) in [4.78, 5) is 0. The van der Waals surface area contributed by atoms with Crippen LogP contribution in [0.2, 0.25) is 0 Å². The van der Waals surface area contributed by atoms with Gasteiger partial charge in [0.15, 0.2) is 0 Å². The summed E-state index contributed by atoms with van der Waals surface area (Å²) in [6.07, 6.45) is 7.91. The van der Waals surface area contributed by atoms with Crippen LogP contribution < -0.4 is 0 Å². The van der Waals surface area contributed by atoms with Crippen LogP contribution in [0.1, 0.15) is 52.9 Å². The Morgan fingerprint density at radius 2 is 1.92 bits per heavy atom. The van der Waals surface area contributed by atoms with Crippen LogP contribution in [0.15, 0.2) is 11.6 Å². The van der Waals surface area contributed by atoms with Crippen molar-refractivity contribution in [1.29, 1.82) is 0 Å². The Balaban J connectivity index is 2.70. The van der Waals surface area contributed by atoms with Crippen molar-refractivity contribution in [3.8, 4) is 0 Å². The average molecular weight is 182 g/mol. The molecule has 1 nitrogen and oxygen atoms in total. The molecule has 0 aromatic heterocycles. The lowest BCUT2D eigenvalue weighted by molar-refractivity contribution is 0.0620. The first-order valence-corrected chi connectivity index (χ1v) is 5.44. The van der Waals surface area contributed by atoms with Gasteiger partial charge in [0, 0.05) is 0 Å². The molecular weight excluding hydrogens is 160 g/mol. The number of hydrogen-bond acceptors (Lipinski definition) is 1. The van der Waals surface area contributed by atoms with Crippen molar-refractivity contribution in [2.24, 2.45) is 5.41 Å². The molecule has 0 radical (unpaired) electrons. The molecule has 0 amide bonds. The third-order valence-electron chi connectivity index (χ3n) is 3.42. The summed E-state index contributed by atoms with van der Waals surface area (Å²) in [5.41, 5.74) is 1.43. The van der Waals surface area contributed by atoms with Crippen molar-refractivity contribution < 1.29 is 5.11 Å². The SMILES string of the molecule is CCC1(C(O)C=C(C)C)CCCC1. The van der Waals surface area contributed by atoms with Crippen LogP contribution in [0, 0.1) is 5.41 Å². The van der Waals surface area contributed by atoms with E-state index in [2.05, 4.69) is 20.8 Å². The van der Waals surface area contributed by atoms with Gasteiger partial charge in [-0.2, -0.15) is 0 Å². The van der Waals surface area contributed by atoms with Crippen molar-refractivity contribution in [2.75, 3.05) is 0 Å². The highest BCUT2D eigenvalue weighted by Gasteiger charge is 2.37. The molecule has 1 rings (SSSR count). The standard InChI is InChI=1S/C12H22O/c1-4-12(7-5-6-8-12)11(13)9-10(2)3/h9,11,13H,4-8H2,1-3H3. The number of aliphatic hydroxyl groups excluding tert-OH is 1. The first-order chi connectivity index (χ1) is 6.10. The Kier molecular flexibility index (Phi) is 3.55. The molecule has 1 aliphatic rings. The molecular formula is C12H22O. The fourth-order valence-corrected chi connectivity index (χ4v) is 2.43. The molecule has 0 aliphatic heterocycles. The monoisotopic (exact) mass is 182 g/mol. The molecule has 0 aromatic rings. The quantitative estimate of drug-likeness (QED) is 0.664. The van der Waals surface area contributed by atoms with Gasteiger partial charge in [-0.3, -0.25) is 0 Å². The Morgan fingerprint density at radius 1 is 1.38 bits per heavy atom. The lowest BCUT2D eigenvalue weighted by Crippen LogP contribution is -2.30. The summed E-state index contributed by atoms with van der Waals surface area (Å²) in [6.45, 7) is 6.32. The van der Waals surface area contributed by atoms with Crippen molar-refractivity contribution in [3.05, 3.63) is 11.6 Å². The summed E-state index contributed by atoms with van der Waals surface area (Å²) >= 11 is 0. The normalized spacial score (nSPS) is 22.8. The highest BCUT2D eigenvalue weighted by molar-refractivity contribution is 5.05. The molecule has 13 heavy (non-hydrogen) atoms. The maximum atomic E-state index is 10.1. The molecule has 0 aromatic carbocycles. The first kappa shape index (κ1) is 10.8. The summed E-state index contributed by atoms with van der Waals surface area (Å²) in [7, 11) is 0. The third-order valence-corrected chi connectivity index (χ3v) is 3.42. The van der Waals surface area contributed by atoms with Crippen molar-refractivity contribution in [2.45, 2.75) is 59.0 Å². The molecule has 0 saturated heterocycles. The van der Waals surface area contributed by atoms with Gasteiger partial charge in [0.1, 0.15) is 0 Å². The maximum Gasteiger partial charge on any atom is 0.0779 e. The van der Waals surface area contributed by atoms with Gasteiger partial charge in [0.25, 0.3) is 0 Å². The van der Waals surface area contributed by atoms with Crippen LogP contribution in [0.3, 0.4) is 0 Å². The molecule has 1 atom stereocenters. The van der Waals surface area contributed by atoms with Gasteiger partial charge in [0.05, 0.1) is 6.10 Å². The summed E-state index contributed by atoms with van der Waals surface area (Å²) in [5, 5.41) is 10.1. The number of aliphatic hydroxyl groups is 1. The van der Waals surface area contributed by atoms with E-state index in [-0.39, 0.29) is 11.5 Å². The molecule has 76 valence electrons. The zero-order chi connectivity index (χ0) is 9.90. The molecule has 0 heterocycles. The summed E-state index contributed by atoms with van der Waals surface area (Å²) < 4.78 is 0. The zero-order valence-corrected chi connectivity index (χ0v) is 9.14. The van der Waals surface area contributed by atoms with Gasteiger partial charge in [0.2, 0.25) is 0 Å².